The summed E-state index contributed by atoms with van der Waals surface area (Å²) < 4.78 is 21.6. The van der Waals surface area contributed by atoms with Gasteiger partial charge in [-0.3, -0.25) is 0 Å². The number of rotatable bonds is 5. The molecule has 1 unspecified atom stereocenters. The molecular weight excluding hydrogens is 409 g/mol. The van der Waals surface area contributed by atoms with Crippen LogP contribution in [0, 0.1) is 5.82 Å². The van der Waals surface area contributed by atoms with Crippen LogP contribution in [-0.4, -0.2) is 21.4 Å². The van der Waals surface area contributed by atoms with Crippen molar-refractivity contribution in [1.29, 1.82) is 0 Å². The van der Waals surface area contributed by atoms with Crippen molar-refractivity contribution < 1.29 is 9.13 Å². The number of hydrogen-bond acceptors (Lipinski definition) is 3. The minimum absolute atomic E-state index is 0.0288. The fourth-order valence-corrected chi connectivity index (χ4v) is 3.16. The Morgan fingerprint density at radius 2 is 1.92 bits per heavy atom. The smallest absolute Gasteiger partial charge is 0.164 e. The fraction of sp³-hybridized carbons (Fsp3) is 0.222. The second-order valence-corrected chi connectivity index (χ2v) is 7.02. The van der Waals surface area contributed by atoms with E-state index in [-0.39, 0.29) is 11.7 Å². The van der Waals surface area contributed by atoms with E-state index in [0.717, 1.165) is 17.1 Å². The van der Waals surface area contributed by atoms with Crippen molar-refractivity contribution in [2.24, 2.45) is 7.05 Å². The second kappa shape index (κ2) is 7.54. The van der Waals surface area contributed by atoms with Crippen LogP contribution in [0.25, 0.3) is 11.4 Å². The van der Waals surface area contributed by atoms with Crippen LogP contribution in [0.15, 0.2) is 46.9 Å². The van der Waals surface area contributed by atoms with Gasteiger partial charge in [-0.25, -0.2) is 4.39 Å². The molecule has 7 heteroatoms. The molecule has 3 rings (SSSR count). The molecule has 0 aliphatic heterocycles. The maximum absolute atomic E-state index is 13.3. The molecule has 0 bridgehead atoms. The molecule has 0 fully saturated rings. The summed E-state index contributed by atoms with van der Waals surface area (Å²) in [7, 11) is 1.89. The number of hydrogen-bond donors (Lipinski definition) is 0. The van der Waals surface area contributed by atoms with E-state index in [0.29, 0.717) is 21.9 Å². The summed E-state index contributed by atoms with van der Waals surface area (Å²) >= 11 is 9.24. The zero-order valence-corrected chi connectivity index (χ0v) is 16.1. The molecule has 25 heavy (non-hydrogen) atoms. The van der Waals surface area contributed by atoms with E-state index < -0.39 is 0 Å². The van der Waals surface area contributed by atoms with Gasteiger partial charge < -0.3 is 9.30 Å². The minimum atomic E-state index is -0.303. The highest BCUT2D eigenvalue weighted by atomic mass is 79.9. The van der Waals surface area contributed by atoms with Gasteiger partial charge in [0.15, 0.2) is 5.82 Å². The highest BCUT2D eigenvalue weighted by molar-refractivity contribution is 9.10. The molecule has 3 aromatic rings. The predicted molar refractivity (Wildman–Crippen MR) is 99.5 cm³/mol. The Morgan fingerprint density at radius 3 is 2.60 bits per heavy atom. The van der Waals surface area contributed by atoms with Crippen molar-refractivity contribution in [2.45, 2.75) is 12.8 Å². The molecule has 0 amide bonds. The van der Waals surface area contributed by atoms with Gasteiger partial charge in [-0.1, -0.05) is 18.5 Å². The van der Waals surface area contributed by atoms with Crippen molar-refractivity contribution in [2.75, 3.05) is 6.61 Å². The molecule has 0 aliphatic rings. The average molecular weight is 425 g/mol. The minimum Gasteiger partial charge on any atom is -0.493 e. The Kier molecular flexibility index (Phi) is 5.39. The number of nitrogens with zero attached hydrogens (tertiary/aromatic N) is 3. The van der Waals surface area contributed by atoms with E-state index in [9.17, 15) is 4.39 Å². The van der Waals surface area contributed by atoms with Crippen LogP contribution in [0.2, 0.25) is 5.02 Å². The largest absolute Gasteiger partial charge is 0.493 e. The first-order valence-corrected chi connectivity index (χ1v) is 8.86. The van der Waals surface area contributed by atoms with E-state index in [4.69, 9.17) is 16.3 Å². The molecule has 2 aromatic carbocycles. The number of ether oxygens (including phenoxy) is 1. The van der Waals surface area contributed by atoms with Crippen LogP contribution < -0.4 is 4.74 Å². The summed E-state index contributed by atoms with van der Waals surface area (Å²) in [6.45, 7) is 2.47. The Balaban J connectivity index is 1.76. The fourth-order valence-electron chi connectivity index (χ4n) is 2.50. The highest BCUT2D eigenvalue weighted by Gasteiger charge is 2.18. The van der Waals surface area contributed by atoms with Crippen molar-refractivity contribution in [3.05, 3.63) is 63.6 Å². The first kappa shape index (κ1) is 17.9. The first-order chi connectivity index (χ1) is 12.0. The molecule has 0 N–H and O–H groups in total. The van der Waals surface area contributed by atoms with Gasteiger partial charge in [-0.2, -0.15) is 0 Å². The molecule has 0 saturated heterocycles. The van der Waals surface area contributed by atoms with Crippen LogP contribution in [0.5, 0.6) is 5.75 Å². The molecule has 4 nitrogen and oxygen atoms in total. The molecule has 1 heterocycles. The number of halogens is 3. The highest BCUT2D eigenvalue weighted by Crippen LogP contribution is 2.29. The van der Waals surface area contributed by atoms with Crippen LogP contribution in [0.1, 0.15) is 18.7 Å². The quantitative estimate of drug-likeness (QED) is 0.564. The van der Waals surface area contributed by atoms with Gasteiger partial charge in [0.2, 0.25) is 0 Å². The van der Waals surface area contributed by atoms with Gasteiger partial charge >= 0.3 is 0 Å². The Labute approximate surface area is 158 Å². The van der Waals surface area contributed by atoms with Gasteiger partial charge in [-0.15, -0.1) is 10.2 Å². The van der Waals surface area contributed by atoms with Crippen LogP contribution in [0.4, 0.5) is 4.39 Å². The summed E-state index contributed by atoms with van der Waals surface area (Å²) in [6.07, 6.45) is 0. The second-order valence-electron chi connectivity index (χ2n) is 5.73. The Bertz CT molecular complexity index is 883. The average Bonchev–Trinajstić information content (AvgIpc) is 2.96. The lowest BCUT2D eigenvalue weighted by Gasteiger charge is -2.13. The molecule has 0 spiro atoms. The molecule has 1 aromatic heterocycles. The first-order valence-electron chi connectivity index (χ1n) is 7.69. The van der Waals surface area contributed by atoms with E-state index in [1.165, 1.54) is 12.1 Å². The normalized spacial score (nSPS) is 12.2. The van der Waals surface area contributed by atoms with Gasteiger partial charge in [0.1, 0.15) is 17.4 Å². The lowest BCUT2D eigenvalue weighted by molar-refractivity contribution is 0.289. The van der Waals surface area contributed by atoms with Gasteiger partial charge in [0, 0.05) is 22.1 Å². The third kappa shape index (κ3) is 4.02. The number of aromatic nitrogens is 3. The van der Waals surface area contributed by atoms with Crippen molar-refractivity contribution in [1.82, 2.24) is 14.8 Å². The molecule has 1 atom stereocenters. The van der Waals surface area contributed by atoms with Gasteiger partial charge in [0.25, 0.3) is 0 Å². The summed E-state index contributed by atoms with van der Waals surface area (Å²) in [6, 6.07) is 11.7. The van der Waals surface area contributed by atoms with Crippen LogP contribution in [-0.2, 0) is 7.05 Å². The van der Waals surface area contributed by atoms with Crippen molar-refractivity contribution >= 4 is 27.5 Å². The molecule has 0 radical (unpaired) electrons. The maximum Gasteiger partial charge on any atom is 0.164 e. The van der Waals surface area contributed by atoms with Crippen LogP contribution >= 0.6 is 27.5 Å². The van der Waals surface area contributed by atoms with Gasteiger partial charge in [0.05, 0.1) is 12.5 Å². The molecular formula is C18H16BrClFN3O. The standard InChI is InChI=1S/C18H16BrClFN3O/c1-11(10-25-14-6-3-12(20)4-7-14)17-22-23-18(24(17)2)15-8-5-13(21)9-16(15)19/h3-9,11H,10H2,1-2H3. The third-order valence-electron chi connectivity index (χ3n) is 3.83. The Morgan fingerprint density at radius 1 is 1.20 bits per heavy atom. The van der Waals surface area contributed by atoms with Crippen molar-refractivity contribution in [3.63, 3.8) is 0 Å². The van der Waals surface area contributed by atoms with E-state index in [1.54, 1.807) is 18.2 Å². The van der Waals surface area contributed by atoms with E-state index >= 15 is 0 Å². The summed E-state index contributed by atoms with van der Waals surface area (Å²) in [5.74, 6) is 1.93. The van der Waals surface area contributed by atoms with E-state index in [1.807, 2.05) is 30.7 Å². The van der Waals surface area contributed by atoms with Gasteiger partial charge in [-0.05, 0) is 58.4 Å². The summed E-state index contributed by atoms with van der Waals surface area (Å²) in [5, 5.41) is 9.20. The number of benzene rings is 2. The molecule has 0 aliphatic carbocycles. The van der Waals surface area contributed by atoms with Crippen LogP contribution in [0.3, 0.4) is 0 Å². The maximum atomic E-state index is 13.3. The molecule has 0 saturated carbocycles. The zero-order valence-electron chi connectivity index (χ0n) is 13.7. The zero-order chi connectivity index (χ0) is 18.0. The SMILES string of the molecule is CC(COc1ccc(Cl)cc1)c1nnc(-c2ccc(F)cc2Br)n1C. The summed E-state index contributed by atoms with van der Waals surface area (Å²) in [5.41, 5.74) is 0.786. The summed E-state index contributed by atoms with van der Waals surface area (Å²) in [4.78, 5) is 0. The lowest BCUT2D eigenvalue weighted by Crippen LogP contribution is -2.12. The topological polar surface area (TPSA) is 39.9 Å². The lowest BCUT2D eigenvalue weighted by atomic mass is 10.1. The third-order valence-corrected chi connectivity index (χ3v) is 4.74. The van der Waals surface area contributed by atoms with Crippen molar-refractivity contribution in [3.8, 4) is 17.1 Å². The van der Waals surface area contributed by atoms with E-state index in [2.05, 4.69) is 26.1 Å². The predicted octanol–water partition coefficient (Wildman–Crippen LogP) is 5.22. The Hall–Kier alpha value is -1.92. The monoisotopic (exact) mass is 423 g/mol. The molecule has 130 valence electrons.